The lowest BCUT2D eigenvalue weighted by molar-refractivity contribution is -0.125. The van der Waals surface area contributed by atoms with Gasteiger partial charge in [0.2, 0.25) is 0 Å². The molecule has 0 aliphatic carbocycles. The van der Waals surface area contributed by atoms with Gasteiger partial charge in [0, 0.05) is 25.1 Å². The fourth-order valence-electron chi connectivity index (χ4n) is 1.86. The predicted octanol–water partition coefficient (Wildman–Crippen LogP) is 3.10. The van der Waals surface area contributed by atoms with Gasteiger partial charge < -0.3 is 9.30 Å². The van der Waals surface area contributed by atoms with Gasteiger partial charge in [0.15, 0.2) is 10.6 Å². The molecule has 0 saturated heterocycles. The first kappa shape index (κ1) is 16.8. The Bertz CT molecular complexity index is 772. The number of methoxy groups -OCH3 is 1. The van der Waals surface area contributed by atoms with E-state index in [2.05, 4.69) is 4.99 Å². The van der Waals surface area contributed by atoms with Crippen LogP contribution in [0.15, 0.2) is 17.1 Å². The predicted molar refractivity (Wildman–Crippen MR) is 81.6 cm³/mol. The monoisotopic (exact) mass is 328 g/mol. The third kappa shape index (κ3) is 3.41. The smallest absolute Gasteiger partial charge is 0.253 e. The second-order valence-corrected chi connectivity index (χ2v) is 6.94. The van der Waals surface area contributed by atoms with Gasteiger partial charge in [-0.15, -0.1) is 0 Å². The van der Waals surface area contributed by atoms with E-state index in [-0.39, 0.29) is 11.4 Å². The lowest BCUT2D eigenvalue weighted by Crippen LogP contribution is -2.24. The first-order chi connectivity index (χ1) is 10.2. The van der Waals surface area contributed by atoms with Gasteiger partial charge in [-0.05, 0) is 6.07 Å². The largest absolute Gasteiger partial charge is 0.383 e. The Kier molecular flexibility index (Phi) is 4.77. The lowest BCUT2D eigenvalue weighted by atomic mass is 9.96. The number of thiazole rings is 1. The summed E-state index contributed by atoms with van der Waals surface area (Å²) >= 11 is 1.09. The second-order valence-electron chi connectivity index (χ2n) is 5.93. The van der Waals surface area contributed by atoms with Crippen LogP contribution in [0.1, 0.15) is 20.8 Å². The van der Waals surface area contributed by atoms with E-state index in [1.54, 1.807) is 25.3 Å². The van der Waals surface area contributed by atoms with Crippen molar-refractivity contribution in [1.82, 2.24) is 4.57 Å². The summed E-state index contributed by atoms with van der Waals surface area (Å²) < 4.78 is 34.5. The van der Waals surface area contributed by atoms with Gasteiger partial charge in [-0.3, -0.25) is 4.79 Å². The number of nitrogens with zero attached hydrogens (tertiary/aromatic N) is 2. The quantitative estimate of drug-likeness (QED) is 0.869. The van der Waals surface area contributed by atoms with Gasteiger partial charge in [0.25, 0.3) is 5.91 Å². The summed E-state index contributed by atoms with van der Waals surface area (Å²) in [6.07, 6.45) is 0. The number of fused-ring (bicyclic) bond motifs is 1. The molecule has 0 atom stereocenters. The molecule has 0 fully saturated rings. The molecule has 1 aromatic carbocycles. The SMILES string of the molecule is COCCn1c(=NC(=O)C(C)(C)C)sc2cc(F)cc(F)c21. The van der Waals surface area contributed by atoms with Crippen molar-refractivity contribution in [1.29, 1.82) is 0 Å². The van der Waals surface area contributed by atoms with Gasteiger partial charge in [-0.1, -0.05) is 32.1 Å². The Balaban J connectivity index is 2.70. The van der Waals surface area contributed by atoms with Crippen molar-refractivity contribution >= 4 is 27.5 Å². The molecule has 0 bridgehead atoms. The molecular weight excluding hydrogens is 310 g/mol. The number of rotatable bonds is 3. The summed E-state index contributed by atoms with van der Waals surface area (Å²) in [5, 5.41) is 0. The fourth-order valence-corrected chi connectivity index (χ4v) is 2.95. The molecule has 7 heteroatoms. The molecule has 0 saturated carbocycles. The van der Waals surface area contributed by atoms with Crippen LogP contribution in [-0.4, -0.2) is 24.2 Å². The van der Waals surface area contributed by atoms with Crippen molar-refractivity contribution in [3.63, 3.8) is 0 Å². The molecule has 0 radical (unpaired) electrons. The van der Waals surface area contributed by atoms with Crippen molar-refractivity contribution in [3.8, 4) is 0 Å². The van der Waals surface area contributed by atoms with Gasteiger partial charge in [0.1, 0.15) is 5.82 Å². The molecule has 4 nitrogen and oxygen atoms in total. The Labute approximate surface area is 131 Å². The van der Waals surface area contributed by atoms with Crippen LogP contribution < -0.4 is 4.80 Å². The molecule has 22 heavy (non-hydrogen) atoms. The second kappa shape index (κ2) is 6.26. The number of carbonyl (C=O) groups excluding carboxylic acids is 1. The third-order valence-corrected chi connectivity index (χ3v) is 4.08. The zero-order valence-electron chi connectivity index (χ0n) is 12.9. The molecule has 0 N–H and O–H groups in total. The highest BCUT2D eigenvalue weighted by atomic mass is 32.1. The average Bonchev–Trinajstić information content (AvgIpc) is 2.72. The maximum Gasteiger partial charge on any atom is 0.253 e. The molecule has 1 amide bonds. The zero-order chi connectivity index (χ0) is 16.5. The van der Waals surface area contributed by atoms with E-state index in [0.29, 0.717) is 22.7 Å². The summed E-state index contributed by atoms with van der Waals surface area (Å²) in [6.45, 7) is 5.93. The van der Waals surface area contributed by atoms with Crippen LogP contribution in [-0.2, 0) is 16.1 Å². The van der Waals surface area contributed by atoms with Crippen molar-refractivity contribution in [2.24, 2.45) is 10.4 Å². The number of hydrogen-bond acceptors (Lipinski definition) is 3. The van der Waals surface area contributed by atoms with E-state index in [4.69, 9.17) is 4.74 Å². The first-order valence-corrected chi connectivity index (χ1v) is 7.62. The maximum absolute atomic E-state index is 14.1. The van der Waals surface area contributed by atoms with Gasteiger partial charge >= 0.3 is 0 Å². The number of benzene rings is 1. The van der Waals surface area contributed by atoms with Crippen molar-refractivity contribution in [3.05, 3.63) is 28.6 Å². The Morgan fingerprint density at radius 2 is 2.05 bits per heavy atom. The first-order valence-electron chi connectivity index (χ1n) is 6.80. The topological polar surface area (TPSA) is 43.6 Å². The third-order valence-electron chi connectivity index (χ3n) is 3.05. The molecule has 1 aromatic heterocycles. The van der Waals surface area contributed by atoms with Gasteiger partial charge in [-0.2, -0.15) is 4.99 Å². The van der Waals surface area contributed by atoms with E-state index in [1.165, 1.54) is 13.2 Å². The highest BCUT2D eigenvalue weighted by Gasteiger charge is 2.21. The lowest BCUT2D eigenvalue weighted by Gasteiger charge is -2.12. The van der Waals surface area contributed by atoms with Crippen molar-refractivity contribution in [2.45, 2.75) is 27.3 Å². The number of carbonyl (C=O) groups is 1. The highest BCUT2D eigenvalue weighted by molar-refractivity contribution is 7.16. The molecule has 120 valence electrons. The Morgan fingerprint density at radius 3 is 2.64 bits per heavy atom. The van der Waals surface area contributed by atoms with E-state index >= 15 is 0 Å². The fraction of sp³-hybridized carbons (Fsp3) is 0.467. The summed E-state index contributed by atoms with van der Waals surface area (Å²) in [6, 6.07) is 2.07. The number of ether oxygens (including phenoxy) is 1. The molecular formula is C15H18F2N2O2S. The minimum Gasteiger partial charge on any atom is -0.383 e. The summed E-state index contributed by atoms with van der Waals surface area (Å²) in [5.41, 5.74) is -0.400. The van der Waals surface area contributed by atoms with Crippen LogP contribution in [0.3, 0.4) is 0 Å². The molecule has 1 heterocycles. The van der Waals surface area contributed by atoms with Crippen LogP contribution in [0.2, 0.25) is 0 Å². The van der Waals surface area contributed by atoms with Crippen molar-refractivity contribution in [2.75, 3.05) is 13.7 Å². The van der Waals surface area contributed by atoms with Gasteiger partial charge in [-0.25, -0.2) is 8.78 Å². The van der Waals surface area contributed by atoms with Gasteiger partial charge in [0.05, 0.1) is 16.8 Å². The summed E-state index contributed by atoms with van der Waals surface area (Å²) in [5.74, 6) is -1.64. The Morgan fingerprint density at radius 1 is 1.36 bits per heavy atom. The maximum atomic E-state index is 14.1. The van der Waals surface area contributed by atoms with E-state index in [1.807, 2.05) is 0 Å². The van der Waals surface area contributed by atoms with E-state index in [9.17, 15) is 13.6 Å². The van der Waals surface area contributed by atoms with Crippen LogP contribution in [0.5, 0.6) is 0 Å². The van der Waals surface area contributed by atoms with E-state index in [0.717, 1.165) is 17.4 Å². The minimum absolute atomic E-state index is 0.240. The molecule has 0 aliphatic rings. The Hall–Kier alpha value is -1.60. The van der Waals surface area contributed by atoms with E-state index < -0.39 is 17.0 Å². The van der Waals surface area contributed by atoms with Crippen molar-refractivity contribution < 1.29 is 18.3 Å². The highest BCUT2D eigenvalue weighted by Crippen LogP contribution is 2.23. The zero-order valence-corrected chi connectivity index (χ0v) is 13.8. The summed E-state index contributed by atoms with van der Waals surface area (Å²) in [7, 11) is 1.53. The standard InChI is InChI=1S/C15H18F2N2O2S/c1-15(2,3)13(20)18-14-19(5-6-21-4)12-10(17)7-9(16)8-11(12)22-14/h7-8H,5-6H2,1-4H3. The van der Waals surface area contributed by atoms with Crippen LogP contribution in [0, 0.1) is 17.0 Å². The summed E-state index contributed by atoms with van der Waals surface area (Å²) in [4.78, 5) is 16.5. The number of aromatic nitrogens is 1. The molecule has 2 aromatic rings. The van der Waals surface area contributed by atoms with Crippen LogP contribution >= 0.6 is 11.3 Å². The molecule has 0 spiro atoms. The normalized spacial score (nSPS) is 13.1. The van der Waals surface area contributed by atoms with Crippen LogP contribution in [0.4, 0.5) is 8.78 Å². The average molecular weight is 328 g/mol. The number of hydrogen-bond donors (Lipinski definition) is 0. The van der Waals surface area contributed by atoms with Crippen LogP contribution in [0.25, 0.3) is 10.2 Å². The number of halogens is 2. The number of amides is 1. The molecule has 0 aliphatic heterocycles. The molecule has 0 unspecified atom stereocenters. The minimum atomic E-state index is -0.674. The molecule has 2 rings (SSSR count).